The molecule has 4 heteroatoms. The van der Waals surface area contributed by atoms with Gasteiger partial charge < -0.3 is 10.1 Å². The maximum absolute atomic E-state index is 5.98. The molecule has 0 amide bonds. The third kappa shape index (κ3) is 2.44. The molecule has 2 aliphatic carbocycles. The lowest BCUT2D eigenvalue weighted by molar-refractivity contribution is -0.114. The first-order valence-corrected chi connectivity index (χ1v) is 9.08. The lowest BCUT2D eigenvalue weighted by atomic mass is 9.60. The van der Waals surface area contributed by atoms with Crippen molar-refractivity contribution in [3.8, 4) is 0 Å². The molecule has 1 aromatic rings. The van der Waals surface area contributed by atoms with E-state index < -0.39 is 0 Å². The van der Waals surface area contributed by atoms with Crippen LogP contribution in [-0.2, 0) is 4.74 Å². The van der Waals surface area contributed by atoms with Gasteiger partial charge in [0.1, 0.15) is 0 Å². The maximum Gasteiger partial charge on any atom is 0.0670 e. The summed E-state index contributed by atoms with van der Waals surface area (Å²) in [6.07, 6.45) is 6.88. The van der Waals surface area contributed by atoms with Gasteiger partial charge in [-0.15, -0.1) is 0 Å². The van der Waals surface area contributed by atoms with Crippen molar-refractivity contribution in [1.82, 2.24) is 0 Å². The average molecular weight is 403 g/mol. The third-order valence-corrected chi connectivity index (χ3v) is 6.29. The van der Waals surface area contributed by atoms with Gasteiger partial charge in [0.15, 0.2) is 0 Å². The van der Waals surface area contributed by atoms with Crippen LogP contribution < -0.4 is 5.32 Å². The molecule has 110 valence electrons. The largest absolute Gasteiger partial charge is 0.380 e. The van der Waals surface area contributed by atoms with Gasteiger partial charge in [-0.1, -0.05) is 18.9 Å². The van der Waals surface area contributed by atoms with Crippen LogP contribution in [0.3, 0.4) is 0 Å². The van der Waals surface area contributed by atoms with Gasteiger partial charge in [0.2, 0.25) is 0 Å². The fraction of sp³-hybridized carbons (Fsp3) is 0.625. The summed E-state index contributed by atoms with van der Waals surface area (Å²) in [7, 11) is 0. The molecule has 3 rings (SSSR count). The molecule has 0 bridgehead atoms. The number of nitrogens with one attached hydrogen (secondary N) is 1. The van der Waals surface area contributed by atoms with Crippen molar-refractivity contribution in [3.05, 3.63) is 27.1 Å². The Morgan fingerprint density at radius 3 is 2.50 bits per heavy atom. The van der Waals surface area contributed by atoms with Gasteiger partial charge in [-0.3, -0.25) is 0 Å². The van der Waals surface area contributed by atoms with Crippen LogP contribution >= 0.6 is 31.9 Å². The normalized spacial score (nSPS) is 27.6. The van der Waals surface area contributed by atoms with Crippen molar-refractivity contribution < 1.29 is 4.74 Å². The van der Waals surface area contributed by atoms with Crippen LogP contribution in [0.1, 0.15) is 39.0 Å². The van der Waals surface area contributed by atoms with Crippen molar-refractivity contribution in [2.24, 2.45) is 5.41 Å². The monoisotopic (exact) mass is 401 g/mol. The third-order valence-electron chi connectivity index (χ3n) is 4.97. The molecule has 2 nitrogen and oxygen atoms in total. The smallest absolute Gasteiger partial charge is 0.0670 e. The molecular weight excluding hydrogens is 382 g/mol. The molecule has 0 heterocycles. The molecule has 2 fully saturated rings. The molecule has 1 N–H and O–H groups in total. The summed E-state index contributed by atoms with van der Waals surface area (Å²) in [5, 5.41) is 3.76. The highest BCUT2D eigenvalue weighted by Crippen LogP contribution is 2.56. The summed E-state index contributed by atoms with van der Waals surface area (Å²) in [5.74, 6) is 0. The molecule has 1 spiro atoms. The number of hydrogen-bond donors (Lipinski definition) is 1. The van der Waals surface area contributed by atoms with E-state index in [1.807, 2.05) is 0 Å². The standard InChI is InChI=1S/C16H21Br2NO/c1-2-20-14-10-13(16(14)8-3-4-9-16)19-15-11(17)6-5-7-12(15)18/h5-7,13-14,19H,2-4,8-10H2,1H3. The number of halogens is 2. The van der Waals surface area contributed by atoms with Crippen molar-refractivity contribution in [1.29, 1.82) is 0 Å². The lowest BCUT2D eigenvalue weighted by Gasteiger charge is -2.54. The highest BCUT2D eigenvalue weighted by atomic mass is 79.9. The van der Waals surface area contributed by atoms with Crippen LogP contribution in [0.4, 0.5) is 5.69 Å². The average Bonchev–Trinajstić information content (AvgIpc) is 2.93. The Morgan fingerprint density at radius 2 is 1.90 bits per heavy atom. The minimum atomic E-state index is 0.366. The van der Waals surface area contributed by atoms with Crippen LogP contribution in [0.25, 0.3) is 0 Å². The number of benzene rings is 1. The summed E-state index contributed by atoms with van der Waals surface area (Å²) >= 11 is 7.30. The Bertz CT molecular complexity index is 465. The van der Waals surface area contributed by atoms with Crippen molar-refractivity contribution in [2.75, 3.05) is 11.9 Å². The number of anilines is 1. The van der Waals surface area contributed by atoms with E-state index in [0.717, 1.165) is 22.0 Å². The molecule has 0 saturated heterocycles. The first-order valence-electron chi connectivity index (χ1n) is 7.49. The van der Waals surface area contributed by atoms with Crippen molar-refractivity contribution in [3.63, 3.8) is 0 Å². The Hall–Kier alpha value is -0.0600. The van der Waals surface area contributed by atoms with E-state index in [-0.39, 0.29) is 0 Å². The summed E-state index contributed by atoms with van der Waals surface area (Å²) in [6.45, 7) is 2.94. The second kappa shape index (κ2) is 5.98. The van der Waals surface area contributed by atoms with Gasteiger partial charge >= 0.3 is 0 Å². The van der Waals surface area contributed by atoms with E-state index in [2.05, 4.69) is 62.3 Å². The van der Waals surface area contributed by atoms with E-state index in [4.69, 9.17) is 4.74 Å². The fourth-order valence-corrected chi connectivity index (χ4v) is 5.13. The first-order chi connectivity index (χ1) is 9.67. The molecule has 0 radical (unpaired) electrons. The number of hydrogen-bond acceptors (Lipinski definition) is 2. The fourth-order valence-electron chi connectivity index (χ4n) is 3.90. The quantitative estimate of drug-likeness (QED) is 0.731. The van der Waals surface area contributed by atoms with E-state index >= 15 is 0 Å². The zero-order chi connectivity index (χ0) is 14.2. The lowest BCUT2D eigenvalue weighted by Crippen LogP contribution is -2.60. The van der Waals surface area contributed by atoms with E-state index in [0.29, 0.717) is 17.6 Å². The van der Waals surface area contributed by atoms with Crippen LogP contribution in [0.2, 0.25) is 0 Å². The predicted molar refractivity (Wildman–Crippen MR) is 90.2 cm³/mol. The van der Waals surface area contributed by atoms with Crippen LogP contribution in [0.5, 0.6) is 0 Å². The van der Waals surface area contributed by atoms with E-state index in [1.165, 1.54) is 31.4 Å². The van der Waals surface area contributed by atoms with Crippen molar-refractivity contribution in [2.45, 2.75) is 51.2 Å². The molecular formula is C16H21Br2NO. The van der Waals surface area contributed by atoms with Crippen LogP contribution in [0.15, 0.2) is 27.1 Å². The summed E-state index contributed by atoms with van der Waals surface area (Å²) in [5.41, 5.74) is 1.55. The number of ether oxygens (including phenoxy) is 1. The highest BCUT2D eigenvalue weighted by molar-refractivity contribution is 9.11. The van der Waals surface area contributed by atoms with Gasteiger partial charge in [-0.25, -0.2) is 0 Å². The summed E-state index contributed by atoms with van der Waals surface area (Å²) in [6, 6.07) is 6.77. The van der Waals surface area contributed by atoms with Gasteiger partial charge in [0, 0.05) is 27.0 Å². The minimum Gasteiger partial charge on any atom is -0.380 e. The van der Waals surface area contributed by atoms with Gasteiger partial charge in [0.25, 0.3) is 0 Å². The highest BCUT2D eigenvalue weighted by Gasteiger charge is 2.56. The Kier molecular flexibility index (Phi) is 4.44. The van der Waals surface area contributed by atoms with Crippen LogP contribution in [0, 0.1) is 5.41 Å². The summed E-state index contributed by atoms with van der Waals surface area (Å²) in [4.78, 5) is 0. The second-order valence-corrected chi connectivity index (χ2v) is 7.62. The number of rotatable bonds is 4. The maximum atomic E-state index is 5.98. The van der Waals surface area contributed by atoms with Crippen LogP contribution in [-0.4, -0.2) is 18.8 Å². The zero-order valence-corrected chi connectivity index (χ0v) is 15.0. The molecule has 1 aromatic carbocycles. The topological polar surface area (TPSA) is 21.3 Å². The zero-order valence-electron chi connectivity index (χ0n) is 11.8. The van der Waals surface area contributed by atoms with E-state index in [9.17, 15) is 0 Å². The molecule has 0 aliphatic heterocycles. The SMILES string of the molecule is CCOC1CC(Nc2c(Br)cccc2Br)C12CCCC2. The molecule has 2 aliphatic rings. The second-order valence-electron chi connectivity index (χ2n) is 5.91. The van der Waals surface area contributed by atoms with E-state index in [1.54, 1.807) is 0 Å². The molecule has 2 saturated carbocycles. The Balaban J connectivity index is 1.78. The van der Waals surface area contributed by atoms with Gasteiger partial charge in [0.05, 0.1) is 11.8 Å². The molecule has 20 heavy (non-hydrogen) atoms. The number of para-hydroxylation sites is 1. The van der Waals surface area contributed by atoms with Gasteiger partial charge in [-0.05, 0) is 70.2 Å². The summed E-state index contributed by atoms with van der Waals surface area (Å²) < 4.78 is 8.23. The molecule has 2 unspecified atom stereocenters. The molecule has 2 atom stereocenters. The minimum absolute atomic E-state index is 0.366. The predicted octanol–water partition coefficient (Wildman–Crippen LogP) is 5.36. The Labute approximate surface area is 137 Å². The first kappa shape index (κ1) is 14.9. The van der Waals surface area contributed by atoms with Crippen molar-refractivity contribution >= 4 is 37.5 Å². The Morgan fingerprint density at radius 1 is 1.25 bits per heavy atom. The molecule has 0 aromatic heterocycles. The van der Waals surface area contributed by atoms with Gasteiger partial charge in [-0.2, -0.15) is 0 Å².